The molecule has 9 aromatic rings. The maximum Gasteiger partial charge on any atom is 0.231 e. The summed E-state index contributed by atoms with van der Waals surface area (Å²) in [5.41, 5.74) is 12.3. The van der Waals surface area contributed by atoms with Crippen molar-refractivity contribution in [1.29, 1.82) is 0 Å². The summed E-state index contributed by atoms with van der Waals surface area (Å²) < 4.78 is 6.27. The maximum absolute atomic E-state index is 6.27. The average Bonchev–Trinajstić information content (AvgIpc) is 3.57. The van der Waals surface area contributed by atoms with E-state index >= 15 is 0 Å². The fraction of sp³-hybridized carbons (Fsp3) is 0. The number of fused-ring (bicyclic) bond motifs is 3. The lowest BCUT2D eigenvalue weighted by molar-refractivity contribution is 0.653. The molecule has 0 N–H and O–H groups in total. The van der Waals surface area contributed by atoms with Gasteiger partial charge in [0.15, 0.2) is 5.82 Å². The van der Waals surface area contributed by atoms with Crippen LogP contribution in [0.1, 0.15) is 0 Å². The van der Waals surface area contributed by atoms with Crippen molar-refractivity contribution in [1.82, 2.24) is 19.9 Å². The lowest BCUT2D eigenvalue weighted by Gasteiger charge is -2.11. The number of benzene rings is 6. The molecule has 0 aliphatic heterocycles. The third-order valence-electron chi connectivity index (χ3n) is 8.82. The monoisotopic (exact) mass is 628 g/mol. The molecule has 3 heterocycles. The van der Waals surface area contributed by atoms with Gasteiger partial charge in [-0.15, -0.1) is 0 Å². The summed E-state index contributed by atoms with van der Waals surface area (Å²) in [7, 11) is 0. The van der Waals surface area contributed by atoms with Gasteiger partial charge < -0.3 is 4.42 Å². The molecule has 230 valence electrons. The van der Waals surface area contributed by atoms with Gasteiger partial charge >= 0.3 is 0 Å². The number of rotatable bonds is 6. The van der Waals surface area contributed by atoms with Crippen LogP contribution in [0.2, 0.25) is 0 Å². The minimum absolute atomic E-state index is 0.580. The van der Waals surface area contributed by atoms with Gasteiger partial charge in [0.2, 0.25) is 5.71 Å². The second-order valence-corrected chi connectivity index (χ2v) is 11.9. The van der Waals surface area contributed by atoms with E-state index in [2.05, 4.69) is 108 Å². The normalized spacial score (nSPS) is 11.3. The summed E-state index contributed by atoms with van der Waals surface area (Å²) in [6.45, 7) is 0. The highest BCUT2D eigenvalue weighted by Gasteiger charge is 2.18. The second-order valence-electron chi connectivity index (χ2n) is 11.9. The maximum atomic E-state index is 6.27. The van der Waals surface area contributed by atoms with Crippen molar-refractivity contribution in [2.24, 2.45) is 0 Å². The van der Waals surface area contributed by atoms with E-state index in [1.54, 1.807) is 12.4 Å². The molecule has 9 rings (SSSR count). The van der Waals surface area contributed by atoms with E-state index < -0.39 is 0 Å². The van der Waals surface area contributed by atoms with Crippen molar-refractivity contribution < 1.29 is 4.42 Å². The molecule has 0 radical (unpaired) electrons. The van der Waals surface area contributed by atoms with Crippen LogP contribution >= 0.6 is 0 Å². The van der Waals surface area contributed by atoms with Crippen LogP contribution in [0.4, 0.5) is 0 Å². The van der Waals surface area contributed by atoms with Crippen LogP contribution in [0.5, 0.6) is 0 Å². The Bertz CT molecular complexity index is 2610. The molecule has 3 aromatic heterocycles. The SMILES string of the molecule is c1ccc(-c2nccnc2-c2cccc(-c3cccc(-c4cccc(-c5nc(-c6ccccc6)c6c(n5)oc5ccccc56)c4)c3)c2)cc1. The van der Waals surface area contributed by atoms with E-state index in [0.29, 0.717) is 11.5 Å². The summed E-state index contributed by atoms with van der Waals surface area (Å²) in [6, 6.07) is 54.0. The van der Waals surface area contributed by atoms with Crippen LogP contribution in [-0.4, -0.2) is 19.9 Å². The Balaban J connectivity index is 1.10. The van der Waals surface area contributed by atoms with Crippen molar-refractivity contribution in [2.75, 3.05) is 0 Å². The molecule has 0 saturated heterocycles. The lowest BCUT2D eigenvalue weighted by atomic mass is 9.96. The van der Waals surface area contributed by atoms with Crippen LogP contribution in [0.3, 0.4) is 0 Å². The van der Waals surface area contributed by atoms with Crippen molar-refractivity contribution in [3.63, 3.8) is 0 Å². The highest BCUT2D eigenvalue weighted by molar-refractivity contribution is 6.10. The molecule has 0 atom stereocenters. The molecule has 0 amide bonds. The fourth-order valence-electron chi connectivity index (χ4n) is 6.48. The van der Waals surface area contributed by atoms with E-state index in [1.165, 1.54) is 0 Å². The first-order valence-electron chi connectivity index (χ1n) is 16.2. The number of nitrogens with zero attached hydrogens (tertiary/aromatic N) is 4. The van der Waals surface area contributed by atoms with Gasteiger partial charge in [0.25, 0.3) is 0 Å². The predicted molar refractivity (Wildman–Crippen MR) is 198 cm³/mol. The molecular formula is C44H28N4O. The number of para-hydroxylation sites is 1. The summed E-state index contributed by atoms with van der Waals surface area (Å²) in [5.74, 6) is 0.620. The Morgan fingerprint density at radius 3 is 1.49 bits per heavy atom. The topological polar surface area (TPSA) is 64.7 Å². The zero-order valence-electron chi connectivity index (χ0n) is 26.4. The Morgan fingerprint density at radius 2 is 0.837 bits per heavy atom. The van der Waals surface area contributed by atoms with Gasteiger partial charge in [0.05, 0.1) is 22.5 Å². The predicted octanol–water partition coefficient (Wildman–Crippen LogP) is 11.2. The molecule has 5 heteroatoms. The molecule has 0 saturated carbocycles. The molecule has 5 nitrogen and oxygen atoms in total. The van der Waals surface area contributed by atoms with Crippen molar-refractivity contribution in [3.05, 3.63) is 170 Å². The summed E-state index contributed by atoms with van der Waals surface area (Å²) in [5, 5.41) is 1.93. The zero-order valence-corrected chi connectivity index (χ0v) is 26.4. The van der Waals surface area contributed by atoms with E-state index in [0.717, 1.165) is 77.9 Å². The molecule has 6 aromatic carbocycles. The molecule has 0 aliphatic carbocycles. The minimum Gasteiger partial charge on any atom is -0.438 e. The van der Waals surface area contributed by atoms with Crippen LogP contribution in [0, 0.1) is 0 Å². The highest BCUT2D eigenvalue weighted by Crippen LogP contribution is 2.37. The van der Waals surface area contributed by atoms with Gasteiger partial charge in [0.1, 0.15) is 5.58 Å². The molecule has 0 bridgehead atoms. The Morgan fingerprint density at radius 1 is 0.367 bits per heavy atom. The first-order valence-corrected chi connectivity index (χ1v) is 16.2. The third kappa shape index (κ3) is 5.33. The fourth-order valence-corrected chi connectivity index (χ4v) is 6.48. The van der Waals surface area contributed by atoms with Gasteiger partial charge in [-0.1, -0.05) is 133 Å². The first-order chi connectivity index (χ1) is 24.3. The smallest absolute Gasteiger partial charge is 0.231 e. The van der Waals surface area contributed by atoms with Gasteiger partial charge in [-0.05, 0) is 46.5 Å². The van der Waals surface area contributed by atoms with E-state index in [4.69, 9.17) is 19.4 Å². The number of hydrogen-bond donors (Lipinski definition) is 0. The average molecular weight is 629 g/mol. The first kappa shape index (κ1) is 28.5. The Labute approximate surface area is 283 Å². The minimum atomic E-state index is 0.580. The van der Waals surface area contributed by atoms with E-state index in [-0.39, 0.29) is 0 Å². The third-order valence-corrected chi connectivity index (χ3v) is 8.82. The second kappa shape index (κ2) is 12.1. The summed E-state index contributed by atoms with van der Waals surface area (Å²) >= 11 is 0. The van der Waals surface area contributed by atoms with Crippen LogP contribution in [0.25, 0.3) is 89.5 Å². The number of aromatic nitrogens is 4. The molecular weight excluding hydrogens is 601 g/mol. The molecule has 0 unspecified atom stereocenters. The highest BCUT2D eigenvalue weighted by atomic mass is 16.3. The number of hydrogen-bond acceptors (Lipinski definition) is 5. The molecule has 49 heavy (non-hydrogen) atoms. The quantitative estimate of drug-likeness (QED) is 0.183. The van der Waals surface area contributed by atoms with Gasteiger partial charge in [0, 0.05) is 40.0 Å². The molecule has 0 aliphatic rings. The number of furan rings is 1. The van der Waals surface area contributed by atoms with Crippen molar-refractivity contribution in [3.8, 4) is 67.4 Å². The van der Waals surface area contributed by atoms with Gasteiger partial charge in [-0.3, -0.25) is 9.97 Å². The van der Waals surface area contributed by atoms with Gasteiger partial charge in [-0.25, -0.2) is 4.98 Å². The van der Waals surface area contributed by atoms with E-state index in [9.17, 15) is 0 Å². The standard InChI is InChI=1S/C44H28N4O/c1-3-12-29(13-4-1)40-39-37-22-7-8-23-38(37)49-44(39)48-43(47-40)36-21-11-19-34(28-36)32-17-9-16-31(26-32)33-18-10-20-35(27-33)42-41(45-24-25-46-42)30-14-5-2-6-15-30/h1-28H. The van der Waals surface area contributed by atoms with Crippen LogP contribution in [-0.2, 0) is 0 Å². The molecule has 0 spiro atoms. The Hall–Kier alpha value is -6.72. The zero-order chi connectivity index (χ0) is 32.6. The van der Waals surface area contributed by atoms with Crippen LogP contribution < -0.4 is 0 Å². The largest absolute Gasteiger partial charge is 0.438 e. The van der Waals surface area contributed by atoms with Crippen molar-refractivity contribution in [2.45, 2.75) is 0 Å². The molecule has 0 fully saturated rings. The van der Waals surface area contributed by atoms with Gasteiger partial charge in [-0.2, -0.15) is 4.98 Å². The lowest BCUT2D eigenvalue weighted by Crippen LogP contribution is -1.94. The van der Waals surface area contributed by atoms with Crippen molar-refractivity contribution >= 4 is 22.1 Å². The summed E-state index contributed by atoms with van der Waals surface area (Å²) in [4.78, 5) is 19.5. The Kier molecular flexibility index (Phi) is 7.06. The van der Waals surface area contributed by atoms with Crippen LogP contribution in [0.15, 0.2) is 175 Å². The summed E-state index contributed by atoms with van der Waals surface area (Å²) in [6.07, 6.45) is 3.50. The van der Waals surface area contributed by atoms with E-state index in [1.807, 2.05) is 54.6 Å².